The van der Waals surface area contributed by atoms with Crippen LogP contribution in [0, 0.1) is 6.92 Å². The van der Waals surface area contributed by atoms with Crippen molar-refractivity contribution >= 4 is 39.1 Å². The average Bonchev–Trinajstić information content (AvgIpc) is 3.14. The van der Waals surface area contributed by atoms with Crippen LogP contribution in [0.4, 0.5) is 11.4 Å². The number of carbonyl (C=O) groups excluding carboxylic acids is 1. The third-order valence-corrected chi connectivity index (χ3v) is 6.22. The number of nitrogen functional groups attached to an aromatic ring is 2. The Morgan fingerprint density at radius 3 is 2.46 bits per heavy atom. The van der Waals surface area contributed by atoms with Gasteiger partial charge in [-0.05, 0) is 72.5 Å². The van der Waals surface area contributed by atoms with Crippen LogP contribution >= 0.6 is 0 Å². The smallest absolute Gasteiger partial charge is 0.310 e. The number of esters is 1. The minimum Gasteiger partial charge on any atom is -0.466 e. The fourth-order valence-corrected chi connectivity index (χ4v) is 4.67. The van der Waals surface area contributed by atoms with Crippen LogP contribution in [0.15, 0.2) is 72.9 Å². The van der Waals surface area contributed by atoms with Crippen LogP contribution in [-0.4, -0.2) is 22.1 Å². The molecule has 0 saturated carbocycles. The monoisotopic (exact) mass is 464 g/mol. The summed E-state index contributed by atoms with van der Waals surface area (Å²) < 4.78 is 7.42. The molecule has 0 aliphatic rings. The van der Waals surface area contributed by atoms with Gasteiger partial charge in [0.1, 0.15) is 0 Å². The Labute approximate surface area is 204 Å². The Kier molecular flexibility index (Phi) is 5.87. The molecule has 0 atom stereocenters. The number of nitrogens with zero attached hydrogens (tertiary/aromatic N) is 2. The van der Waals surface area contributed by atoms with Gasteiger partial charge in [-0.15, -0.1) is 0 Å². The summed E-state index contributed by atoms with van der Waals surface area (Å²) in [6, 6.07) is 22.2. The van der Waals surface area contributed by atoms with Crippen LogP contribution in [0.3, 0.4) is 0 Å². The van der Waals surface area contributed by atoms with E-state index >= 15 is 0 Å². The number of pyridine rings is 1. The molecule has 2 aromatic heterocycles. The van der Waals surface area contributed by atoms with E-state index in [4.69, 9.17) is 16.2 Å². The highest BCUT2D eigenvalue weighted by Gasteiger charge is 2.15. The van der Waals surface area contributed by atoms with E-state index in [1.807, 2.05) is 50.2 Å². The van der Waals surface area contributed by atoms with E-state index in [9.17, 15) is 4.79 Å². The van der Waals surface area contributed by atoms with Crippen molar-refractivity contribution in [2.45, 2.75) is 26.8 Å². The van der Waals surface area contributed by atoms with Crippen LogP contribution in [-0.2, 0) is 22.5 Å². The fraction of sp³-hybridized carbons (Fsp3) is 0.172. The van der Waals surface area contributed by atoms with Gasteiger partial charge in [-0.2, -0.15) is 0 Å². The molecule has 6 heteroatoms. The number of aryl methyl sites for hydroxylation is 1. The molecule has 0 aliphatic carbocycles. The van der Waals surface area contributed by atoms with Crippen molar-refractivity contribution in [3.8, 4) is 11.1 Å². The zero-order valence-electron chi connectivity index (χ0n) is 19.9. The SMILES string of the molecule is CCOC(=O)Cc1cn(Cc2cccc3nc(C)ccc23)c2cc(-c3cc(N)cc(N)c3)ccc12. The zero-order valence-corrected chi connectivity index (χ0v) is 19.9. The van der Waals surface area contributed by atoms with E-state index in [1.54, 1.807) is 6.07 Å². The lowest BCUT2D eigenvalue weighted by Gasteiger charge is -2.11. The lowest BCUT2D eigenvalue weighted by Crippen LogP contribution is -2.07. The third-order valence-electron chi connectivity index (χ3n) is 6.22. The summed E-state index contributed by atoms with van der Waals surface area (Å²) in [5.41, 5.74) is 20.4. The average molecular weight is 465 g/mol. The minimum absolute atomic E-state index is 0.220. The number of fused-ring (bicyclic) bond motifs is 2. The molecule has 5 aromatic rings. The number of anilines is 2. The van der Waals surface area contributed by atoms with Crippen molar-refractivity contribution in [2.24, 2.45) is 0 Å². The van der Waals surface area contributed by atoms with E-state index in [2.05, 4.69) is 40.0 Å². The fourth-order valence-electron chi connectivity index (χ4n) is 4.67. The van der Waals surface area contributed by atoms with Gasteiger partial charge >= 0.3 is 5.97 Å². The lowest BCUT2D eigenvalue weighted by molar-refractivity contribution is -0.142. The Hall–Kier alpha value is -4.32. The largest absolute Gasteiger partial charge is 0.466 e. The van der Waals surface area contributed by atoms with Gasteiger partial charge in [-0.1, -0.05) is 30.3 Å². The second-order valence-corrected chi connectivity index (χ2v) is 8.82. The molecule has 4 N–H and O–H groups in total. The van der Waals surface area contributed by atoms with Crippen LogP contribution in [0.1, 0.15) is 23.7 Å². The number of hydrogen-bond acceptors (Lipinski definition) is 5. The lowest BCUT2D eigenvalue weighted by atomic mass is 10.0. The minimum atomic E-state index is -0.232. The second kappa shape index (κ2) is 9.14. The summed E-state index contributed by atoms with van der Waals surface area (Å²) in [5, 5.41) is 2.14. The first-order chi connectivity index (χ1) is 16.9. The molecule has 176 valence electrons. The van der Waals surface area contributed by atoms with Gasteiger partial charge in [-0.3, -0.25) is 9.78 Å². The van der Waals surface area contributed by atoms with Crippen LogP contribution in [0.2, 0.25) is 0 Å². The number of nitrogens with two attached hydrogens (primary N) is 2. The van der Waals surface area contributed by atoms with Gasteiger partial charge in [0.25, 0.3) is 0 Å². The number of aromatic nitrogens is 2. The Balaban J connectivity index is 1.64. The van der Waals surface area contributed by atoms with Crippen LogP contribution in [0.25, 0.3) is 32.9 Å². The maximum atomic E-state index is 12.3. The Morgan fingerprint density at radius 1 is 0.914 bits per heavy atom. The van der Waals surface area contributed by atoms with E-state index < -0.39 is 0 Å². The number of hydrogen-bond donors (Lipinski definition) is 2. The summed E-state index contributed by atoms with van der Waals surface area (Å²) in [4.78, 5) is 17.0. The van der Waals surface area contributed by atoms with Gasteiger partial charge in [-0.25, -0.2) is 0 Å². The van der Waals surface area contributed by atoms with Crippen molar-refractivity contribution in [3.63, 3.8) is 0 Å². The molecule has 0 amide bonds. The summed E-state index contributed by atoms with van der Waals surface area (Å²) >= 11 is 0. The molecule has 2 heterocycles. The third kappa shape index (κ3) is 4.55. The molecular weight excluding hydrogens is 436 g/mol. The van der Waals surface area contributed by atoms with Gasteiger partial charge in [0.05, 0.1) is 18.5 Å². The van der Waals surface area contributed by atoms with Crippen LogP contribution < -0.4 is 11.5 Å². The van der Waals surface area contributed by atoms with Crippen LogP contribution in [0.5, 0.6) is 0 Å². The molecule has 0 fully saturated rings. The van der Waals surface area contributed by atoms with E-state index in [1.165, 1.54) is 0 Å². The van der Waals surface area contributed by atoms with Crippen molar-refractivity contribution in [1.29, 1.82) is 0 Å². The van der Waals surface area contributed by atoms with Crippen molar-refractivity contribution in [2.75, 3.05) is 18.1 Å². The molecule has 0 aliphatic heterocycles. The molecule has 0 bridgehead atoms. The highest BCUT2D eigenvalue weighted by atomic mass is 16.5. The molecule has 6 nitrogen and oxygen atoms in total. The standard InChI is InChI=1S/C29H28N4O2/c1-3-35-29(34)14-22-17-33(16-20-5-4-6-27-25(20)9-7-18(2)32-27)28-13-19(8-10-26(22)28)21-11-23(30)15-24(31)12-21/h4-13,15,17H,3,14,16,30-31H2,1-2H3. The summed E-state index contributed by atoms with van der Waals surface area (Å²) in [7, 11) is 0. The maximum Gasteiger partial charge on any atom is 0.310 e. The van der Waals surface area contributed by atoms with Crippen molar-refractivity contribution in [3.05, 3.63) is 89.7 Å². The molecule has 3 aromatic carbocycles. The highest BCUT2D eigenvalue weighted by molar-refractivity contribution is 5.92. The maximum absolute atomic E-state index is 12.3. The topological polar surface area (TPSA) is 96.2 Å². The van der Waals surface area contributed by atoms with Crippen molar-refractivity contribution in [1.82, 2.24) is 9.55 Å². The highest BCUT2D eigenvalue weighted by Crippen LogP contribution is 2.31. The van der Waals surface area contributed by atoms with Crippen molar-refractivity contribution < 1.29 is 9.53 Å². The predicted molar refractivity (Wildman–Crippen MR) is 142 cm³/mol. The van der Waals surface area contributed by atoms with Gasteiger partial charge in [0.15, 0.2) is 0 Å². The molecule has 0 radical (unpaired) electrons. The predicted octanol–water partition coefficient (Wildman–Crippen LogP) is 5.48. The number of carbonyl (C=O) groups is 1. The first-order valence-electron chi connectivity index (χ1n) is 11.7. The summed E-state index contributed by atoms with van der Waals surface area (Å²) in [6.45, 7) is 4.82. The molecule has 35 heavy (non-hydrogen) atoms. The number of ether oxygens (including phenoxy) is 1. The first-order valence-corrected chi connectivity index (χ1v) is 11.7. The summed E-state index contributed by atoms with van der Waals surface area (Å²) in [5.74, 6) is -0.232. The van der Waals surface area contributed by atoms with Gasteiger partial charge in [0.2, 0.25) is 0 Å². The normalized spacial score (nSPS) is 11.3. The van der Waals surface area contributed by atoms with Gasteiger partial charge < -0.3 is 20.8 Å². The Bertz CT molecular complexity index is 1550. The number of rotatable bonds is 6. The van der Waals surface area contributed by atoms with Gasteiger partial charge in [0, 0.05) is 46.1 Å². The quantitative estimate of drug-likeness (QED) is 0.256. The second-order valence-electron chi connectivity index (χ2n) is 8.82. The zero-order chi connectivity index (χ0) is 24.5. The number of benzene rings is 3. The van der Waals surface area contributed by atoms with E-state index in [0.717, 1.165) is 49.8 Å². The Morgan fingerprint density at radius 2 is 1.69 bits per heavy atom. The van der Waals surface area contributed by atoms with E-state index in [0.29, 0.717) is 24.5 Å². The molecule has 0 saturated heterocycles. The molecule has 0 spiro atoms. The van der Waals surface area contributed by atoms with E-state index in [-0.39, 0.29) is 12.4 Å². The molecule has 5 rings (SSSR count). The molecular formula is C29H28N4O2. The summed E-state index contributed by atoms with van der Waals surface area (Å²) in [6.07, 6.45) is 2.28. The first kappa shape index (κ1) is 22.5. The molecule has 0 unspecified atom stereocenters.